The molecule has 0 fully saturated rings. The summed E-state index contributed by atoms with van der Waals surface area (Å²) in [6.07, 6.45) is 0.468. The van der Waals surface area contributed by atoms with Crippen LogP contribution in [0.3, 0.4) is 0 Å². The summed E-state index contributed by atoms with van der Waals surface area (Å²) < 4.78 is 6.63. The first-order chi connectivity index (χ1) is 14.5. The molecular formula is C25H25BrN2O2. The zero-order chi connectivity index (χ0) is 21.1. The Hall–Kier alpha value is -2.63. The first-order valence-electron chi connectivity index (χ1n) is 10.1. The average molecular weight is 465 g/mol. The fraction of sp³-hybridized carbons (Fsp3) is 0.240. The molecule has 0 unspecified atom stereocenters. The molecule has 0 radical (unpaired) electrons. The lowest BCUT2D eigenvalue weighted by atomic mass is 9.93. The van der Waals surface area contributed by atoms with E-state index in [2.05, 4.69) is 64.6 Å². The summed E-state index contributed by atoms with van der Waals surface area (Å²) >= 11 is 3.57. The number of nitrogens with zero attached hydrogens (tertiary/aromatic N) is 1. The second kappa shape index (κ2) is 9.02. The van der Waals surface area contributed by atoms with Crippen LogP contribution in [0.15, 0.2) is 76.2 Å². The van der Waals surface area contributed by atoms with Gasteiger partial charge in [0.1, 0.15) is 6.17 Å². The van der Waals surface area contributed by atoms with E-state index >= 15 is 0 Å². The van der Waals surface area contributed by atoms with Crippen molar-refractivity contribution in [1.82, 2.24) is 5.32 Å². The van der Waals surface area contributed by atoms with Gasteiger partial charge in [-0.1, -0.05) is 70.0 Å². The predicted molar refractivity (Wildman–Crippen MR) is 124 cm³/mol. The number of halogens is 1. The topological polar surface area (TPSA) is 53.8 Å². The van der Waals surface area contributed by atoms with Crippen molar-refractivity contribution in [2.45, 2.75) is 32.5 Å². The van der Waals surface area contributed by atoms with Gasteiger partial charge in [-0.25, -0.2) is 0 Å². The molecule has 0 aromatic heterocycles. The smallest absolute Gasteiger partial charge is 0.162 e. The largest absolute Gasteiger partial charge is 0.504 e. The van der Waals surface area contributed by atoms with Crippen molar-refractivity contribution in [3.05, 3.63) is 93.5 Å². The first kappa shape index (κ1) is 20.6. The van der Waals surface area contributed by atoms with E-state index < -0.39 is 0 Å². The summed E-state index contributed by atoms with van der Waals surface area (Å²) in [5, 5.41) is 14.5. The standard InChI is InChI=1S/C25H25BrN2O2/c1-3-30-23-9-5-8-20(24(23)29)22-15-21(18-6-4-7-19(26)14-18)27-25(28-22)17-12-10-16(2)11-13-17/h4-14,22,25,28-29H,3,15H2,1-2H3/t22-,25-/m1/s1. The monoisotopic (exact) mass is 464 g/mol. The van der Waals surface area contributed by atoms with Gasteiger partial charge in [-0.2, -0.15) is 0 Å². The number of benzene rings is 3. The quantitative estimate of drug-likeness (QED) is 0.480. The van der Waals surface area contributed by atoms with Crippen LogP contribution in [0.1, 0.15) is 47.8 Å². The van der Waals surface area contributed by atoms with Crippen molar-refractivity contribution in [3.63, 3.8) is 0 Å². The number of phenolic OH excluding ortho intramolecular Hbond substituents is 1. The molecule has 0 bridgehead atoms. The van der Waals surface area contributed by atoms with Gasteiger partial charge in [-0.3, -0.25) is 10.3 Å². The Bertz CT molecular complexity index is 1060. The van der Waals surface area contributed by atoms with Gasteiger partial charge >= 0.3 is 0 Å². The van der Waals surface area contributed by atoms with Gasteiger partial charge in [0.2, 0.25) is 0 Å². The van der Waals surface area contributed by atoms with Crippen LogP contribution in [0, 0.1) is 6.92 Å². The fourth-order valence-corrected chi connectivity index (χ4v) is 4.16. The van der Waals surface area contributed by atoms with E-state index in [-0.39, 0.29) is 18.0 Å². The van der Waals surface area contributed by atoms with E-state index in [1.165, 1.54) is 5.56 Å². The van der Waals surface area contributed by atoms with E-state index in [4.69, 9.17) is 9.73 Å². The molecule has 5 heteroatoms. The summed E-state index contributed by atoms with van der Waals surface area (Å²) in [4.78, 5) is 5.03. The predicted octanol–water partition coefficient (Wildman–Crippen LogP) is 6.08. The van der Waals surface area contributed by atoms with E-state index in [9.17, 15) is 5.11 Å². The van der Waals surface area contributed by atoms with Gasteiger partial charge in [-0.05, 0) is 43.2 Å². The number of hydrogen-bond acceptors (Lipinski definition) is 4. The van der Waals surface area contributed by atoms with Crippen molar-refractivity contribution >= 4 is 21.6 Å². The highest BCUT2D eigenvalue weighted by Gasteiger charge is 2.28. The lowest BCUT2D eigenvalue weighted by molar-refractivity contribution is 0.313. The number of phenols is 1. The Kier molecular flexibility index (Phi) is 6.21. The summed E-state index contributed by atoms with van der Waals surface area (Å²) in [5.41, 5.74) is 5.21. The minimum Gasteiger partial charge on any atom is -0.504 e. The van der Waals surface area contributed by atoms with Crippen LogP contribution < -0.4 is 10.1 Å². The molecule has 0 saturated carbocycles. The normalized spacial score (nSPS) is 18.7. The fourth-order valence-electron chi connectivity index (χ4n) is 3.76. The van der Waals surface area contributed by atoms with Crippen LogP contribution in [-0.2, 0) is 0 Å². The number of para-hydroxylation sites is 1. The number of aliphatic imine (C=N–C) groups is 1. The number of hydrogen-bond donors (Lipinski definition) is 2. The highest BCUT2D eigenvalue weighted by atomic mass is 79.9. The second-order valence-corrected chi connectivity index (χ2v) is 8.37. The number of aryl methyl sites for hydroxylation is 1. The minimum absolute atomic E-state index is 0.0943. The highest BCUT2D eigenvalue weighted by Crippen LogP contribution is 2.39. The van der Waals surface area contributed by atoms with Crippen molar-refractivity contribution < 1.29 is 9.84 Å². The maximum Gasteiger partial charge on any atom is 0.162 e. The molecule has 0 amide bonds. The third kappa shape index (κ3) is 4.42. The van der Waals surface area contributed by atoms with Gasteiger partial charge in [-0.15, -0.1) is 0 Å². The molecule has 154 valence electrons. The summed E-state index contributed by atoms with van der Waals surface area (Å²) in [6.45, 7) is 4.50. The molecule has 0 aliphatic carbocycles. The Balaban J connectivity index is 1.75. The number of aromatic hydroxyl groups is 1. The number of nitrogens with one attached hydrogen (secondary N) is 1. The Morgan fingerprint density at radius 3 is 2.60 bits per heavy atom. The molecule has 1 heterocycles. The van der Waals surface area contributed by atoms with Crippen molar-refractivity contribution in [2.75, 3.05) is 6.61 Å². The van der Waals surface area contributed by atoms with Gasteiger partial charge in [0.15, 0.2) is 11.5 Å². The molecule has 4 rings (SSSR count). The summed E-state index contributed by atoms with van der Waals surface area (Å²) in [5.74, 6) is 0.699. The average Bonchev–Trinajstić information content (AvgIpc) is 2.75. The number of rotatable bonds is 5. The molecule has 3 aromatic rings. The molecule has 2 N–H and O–H groups in total. The maximum atomic E-state index is 10.9. The molecule has 30 heavy (non-hydrogen) atoms. The molecule has 1 aliphatic heterocycles. The molecule has 0 saturated heterocycles. The highest BCUT2D eigenvalue weighted by molar-refractivity contribution is 9.10. The minimum atomic E-state index is -0.200. The van der Waals surface area contributed by atoms with Crippen molar-refractivity contribution in [2.24, 2.45) is 4.99 Å². The van der Waals surface area contributed by atoms with Gasteiger partial charge < -0.3 is 9.84 Å². The molecule has 2 atom stereocenters. The van der Waals surface area contributed by atoms with Crippen LogP contribution in [0.4, 0.5) is 0 Å². The van der Waals surface area contributed by atoms with Gasteiger partial charge in [0, 0.05) is 28.2 Å². The van der Waals surface area contributed by atoms with Crippen molar-refractivity contribution in [1.29, 1.82) is 0 Å². The SMILES string of the molecule is CCOc1cccc([C@H]2CC(c3cccc(Br)c3)=N[C@@H](c3ccc(C)cc3)N2)c1O. The summed E-state index contributed by atoms with van der Waals surface area (Å²) in [7, 11) is 0. The second-order valence-electron chi connectivity index (χ2n) is 7.45. The van der Waals surface area contributed by atoms with Crippen LogP contribution in [-0.4, -0.2) is 17.4 Å². The van der Waals surface area contributed by atoms with Crippen molar-refractivity contribution in [3.8, 4) is 11.5 Å². The molecule has 1 aliphatic rings. The van der Waals surface area contributed by atoms with Crippen LogP contribution in [0.25, 0.3) is 0 Å². The third-order valence-corrected chi connectivity index (χ3v) is 5.79. The van der Waals surface area contributed by atoms with Gasteiger partial charge in [0.25, 0.3) is 0 Å². The Labute approximate surface area is 185 Å². The van der Waals surface area contributed by atoms with E-state index in [0.29, 0.717) is 18.8 Å². The zero-order valence-corrected chi connectivity index (χ0v) is 18.7. The Morgan fingerprint density at radius 2 is 1.87 bits per heavy atom. The lowest BCUT2D eigenvalue weighted by Crippen LogP contribution is -2.33. The van der Waals surface area contributed by atoms with Crippen LogP contribution in [0.2, 0.25) is 0 Å². The maximum absolute atomic E-state index is 10.9. The molecular weight excluding hydrogens is 440 g/mol. The Morgan fingerprint density at radius 1 is 1.10 bits per heavy atom. The van der Waals surface area contributed by atoms with E-state index in [0.717, 1.165) is 26.9 Å². The molecule has 4 nitrogen and oxygen atoms in total. The molecule has 0 spiro atoms. The first-order valence-corrected chi connectivity index (χ1v) is 10.9. The zero-order valence-electron chi connectivity index (χ0n) is 17.1. The van der Waals surface area contributed by atoms with Crippen LogP contribution >= 0.6 is 15.9 Å². The third-order valence-electron chi connectivity index (χ3n) is 5.30. The molecule has 3 aromatic carbocycles. The number of ether oxygens (including phenoxy) is 1. The van der Waals surface area contributed by atoms with E-state index in [1.54, 1.807) is 6.07 Å². The van der Waals surface area contributed by atoms with Crippen LogP contribution in [0.5, 0.6) is 11.5 Å². The van der Waals surface area contributed by atoms with E-state index in [1.807, 2.05) is 31.2 Å². The summed E-state index contributed by atoms with van der Waals surface area (Å²) in [6, 6.07) is 22.2. The van der Waals surface area contributed by atoms with Gasteiger partial charge in [0.05, 0.1) is 6.61 Å². The lowest BCUT2D eigenvalue weighted by Gasteiger charge is -2.31.